The van der Waals surface area contributed by atoms with E-state index < -0.39 is 5.97 Å². The van der Waals surface area contributed by atoms with Gasteiger partial charge in [0.05, 0.1) is 12.2 Å². The molecule has 0 aromatic carbocycles. The Morgan fingerprint density at radius 3 is 2.81 bits per heavy atom. The molecule has 0 aliphatic carbocycles. The summed E-state index contributed by atoms with van der Waals surface area (Å²) in [6, 6.07) is 1.75. The fraction of sp³-hybridized carbons (Fsp3) is 0.429. The van der Waals surface area contributed by atoms with Crippen LogP contribution in [0.4, 0.5) is 0 Å². The lowest BCUT2D eigenvalue weighted by Gasteiger charge is -2.27. The van der Waals surface area contributed by atoms with Gasteiger partial charge in [0.1, 0.15) is 11.5 Å². The quantitative estimate of drug-likeness (QED) is 0.879. The highest BCUT2D eigenvalue weighted by molar-refractivity contribution is 7.97. The number of imidazole rings is 1. The molecule has 0 saturated carbocycles. The predicted molar refractivity (Wildman–Crippen MR) is 80.3 cm³/mol. The van der Waals surface area contributed by atoms with Crippen molar-refractivity contribution < 1.29 is 9.90 Å². The minimum absolute atomic E-state index is 0.327. The third-order valence-electron chi connectivity index (χ3n) is 3.98. The van der Waals surface area contributed by atoms with E-state index in [0.717, 1.165) is 36.0 Å². The van der Waals surface area contributed by atoms with Gasteiger partial charge in [-0.3, -0.25) is 0 Å². The fourth-order valence-corrected chi connectivity index (χ4v) is 3.69. The van der Waals surface area contributed by atoms with Gasteiger partial charge in [-0.25, -0.2) is 14.1 Å². The van der Waals surface area contributed by atoms with Crippen molar-refractivity contribution in [2.75, 3.05) is 6.54 Å². The highest BCUT2D eigenvalue weighted by Crippen LogP contribution is 2.31. The van der Waals surface area contributed by atoms with E-state index in [1.54, 1.807) is 29.6 Å². The monoisotopic (exact) mass is 306 g/mol. The van der Waals surface area contributed by atoms with E-state index in [2.05, 4.69) is 13.9 Å². The molecule has 0 radical (unpaired) electrons. The molecule has 0 fully saturated rings. The summed E-state index contributed by atoms with van der Waals surface area (Å²) in [6.07, 6.45) is 1.92. The largest absolute Gasteiger partial charge is 0.477 e. The van der Waals surface area contributed by atoms with Crippen LogP contribution < -0.4 is 0 Å². The van der Waals surface area contributed by atoms with E-state index >= 15 is 0 Å². The van der Waals surface area contributed by atoms with E-state index in [-0.39, 0.29) is 0 Å². The lowest BCUT2D eigenvalue weighted by Crippen LogP contribution is -2.28. The number of aromatic nitrogens is 3. The Morgan fingerprint density at radius 2 is 2.14 bits per heavy atom. The Kier molecular flexibility index (Phi) is 3.54. The Bertz CT molecular complexity index is 704. The molecule has 2 aromatic rings. The third-order valence-corrected chi connectivity index (χ3v) is 5.16. The summed E-state index contributed by atoms with van der Waals surface area (Å²) >= 11 is 1.62. The smallest absolute Gasteiger partial charge is 0.352 e. The summed E-state index contributed by atoms with van der Waals surface area (Å²) in [5.74, 6) is 0.165. The molecule has 6 nitrogen and oxygen atoms in total. The molecule has 1 aliphatic heterocycles. The number of nitrogens with zero attached hydrogens (tertiary/aromatic N) is 4. The molecule has 21 heavy (non-hydrogen) atoms. The van der Waals surface area contributed by atoms with Crippen molar-refractivity contribution in [3.8, 4) is 0 Å². The maximum absolute atomic E-state index is 11.2. The molecule has 0 atom stereocenters. The van der Waals surface area contributed by atoms with Crippen molar-refractivity contribution in [1.82, 2.24) is 18.4 Å². The van der Waals surface area contributed by atoms with Crippen molar-refractivity contribution in [3.63, 3.8) is 0 Å². The summed E-state index contributed by atoms with van der Waals surface area (Å²) in [7, 11) is 1.79. The molecule has 1 N–H and O–H groups in total. The van der Waals surface area contributed by atoms with Crippen molar-refractivity contribution in [1.29, 1.82) is 0 Å². The van der Waals surface area contributed by atoms with Crippen LogP contribution in [0.25, 0.3) is 0 Å². The predicted octanol–water partition coefficient (Wildman–Crippen LogP) is 2.06. The van der Waals surface area contributed by atoms with Crippen molar-refractivity contribution in [2.45, 2.75) is 31.8 Å². The van der Waals surface area contributed by atoms with Crippen LogP contribution in [-0.4, -0.2) is 36.0 Å². The van der Waals surface area contributed by atoms with Crippen LogP contribution in [0.5, 0.6) is 0 Å². The summed E-state index contributed by atoms with van der Waals surface area (Å²) in [5, 5.41) is 9.19. The maximum atomic E-state index is 11.2. The van der Waals surface area contributed by atoms with Crippen LogP contribution in [0.2, 0.25) is 0 Å². The van der Waals surface area contributed by atoms with Gasteiger partial charge in [0.25, 0.3) is 0 Å². The number of carboxylic acid groups (broad SMARTS) is 1. The average molecular weight is 306 g/mol. The number of rotatable bonds is 3. The molecule has 7 heteroatoms. The van der Waals surface area contributed by atoms with E-state index in [9.17, 15) is 9.90 Å². The van der Waals surface area contributed by atoms with Gasteiger partial charge in [0, 0.05) is 36.9 Å². The lowest BCUT2D eigenvalue weighted by molar-refractivity contribution is 0.0686. The van der Waals surface area contributed by atoms with Gasteiger partial charge in [-0.15, -0.1) is 0 Å². The second-order valence-corrected chi connectivity index (χ2v) is 6.39. The van der Waals surface area contributed by atoms with Crippen molar-refractivity contribution in [3.05, 3.63) is 35.2 Å². The first-order chi connectivity index (χ1) is 9.97. The first-order valence-electron chi connectivity index (χ1n) is 6.81. The summed E-state index contributed by atoms with van der Waals surface area (Å²) < 4.78 is 6.21. The van der Waals surface area contributed by atoms with Crippen LogP contribution in [-0.2, 0) is 20.1 Å². The highest BCUT2D eigenvalue weighted by Gasteiger charge is 2.22. The second kappa shape index (κ2) is 5.23. The zero-order chi connectivity index (χ0) is 15.1. The van der Waals surface area contributed by atoms with Crippen molar-refractivity contribution >= 4 is 17.9 Å². The Morgan fingerprint density at radius 1 is 1.38 bits per heavy atom. The van der Waals surface area contributed by atoms with Gasteiger partial charge < -0.3 is 14.2 Å². The SMILES string of the molecule is Cc1c(SN2CCn3c(cnc3C)C2)cc(C(=O)O)n1C. The number of carbonyl (C=O) groups is 1. The fourth-order valence-electron chi connectivity index (χ4n) is 2.60. The number of fused-ring (bicyclic) bond motifs is 1. The normalized spacial score (nSPS) is 15.2. The summed E-state index contributed by atoms with van der Waals surface area (Å²) in [6.45, 7) is 6.64. The minimum atomic E-state index is -0.889. The van der Waals surface area contributed by atoms with Gasteiger partial charge >= 0.3 is 5.97 Å². The molecular formula is C14H18N4O2S. The van der Waals surface area contributed by atoms with Crippen LogP contribution in [0.3, 0.4) is 0 Å². The zero-order valence-corrected chi connectivity index (χ0v) is 13.1. The maximum Gasteiger partial charge on any atom is 0.352 e. The Labute approximate surface area is 127 Å². The standard InChI is InChI=1S/C14H18N4O2S/c1-9-13(6-12(14(19)20)16(9)3)21-17-4-5-18-10(2)15-7-11(18)8-17/h6-7H,4-5,8H2,1-3H3,(H,19,20). The molecule has 112 valence electrons. The van der Waals surface area contributed by atoms with Crippen LogP contribution >= 0.6 is 11.9 Å². The van der Waals surface area contributed by atoms with Gasteiger partial charge in [-0.2, -0.15) is 0 Å². The number of aromatic carboxylic acids is 1. The van der Waals surface area contributed by atoms with E-state index in [4.69, 9.17) is 0 Å². The molecule has 1 aliphatic rings. The minimum Gasteiger partial charge on any atom is -0.477 e. The third kappa shape index (κ3) is 2.47. The summed E-state index contributed by atoms with van der Waals surface area (Å²) in [4.78, 5) is 16.5. The molecular weight excluding hydrogens is 288 g/mol. The van der Waals surface area contributed by atoms with Gasteiger partial charge in [0.2, 0.25) is 0 Å². The zero-order valence-electron chi connectivity index (χ0n) is 12.3. The molecule has 3 rings (SSSR count). The number of aryl methyl sites for hydroxylation is 1. The molecule has 0 bridgehead atoms. The molecule has 0 unspecified atom stereocenters. The van der Waals surface area contributed by atoms with Crippen LogP contribution in [0.1, 0.15) is 27.7 Å². The molecule has 0 amide bonds. The molecule has 3 heterocycles. The molecule has 0 saturated heterocycles. The van der Waals surface area contributed by atoms with E-state index in [0.29, 0.717) is 5.69 Å². The van der Waals surface area contributed by atoms with Gasteiger partial charge in [0.15, 0.2) is 0 Å². The van der Waals surface area contributed by atoms with E-state index in [1.165, 1.54) is 5.69 Å². The van der Waals surface area contributed by atoms with Crippen LogP contribution in [0, 0.1) is 13.8 Å². The topological polar surface area (TPSA) is 63.3 Å². The average Bonchev–Trinajstić information content (AvgIpc) is 2.94. The molecule has 2 aromatic heterocycles. The van der Waals surface area contributed by atoms with E-state index in [1.807, 2.05) is 20.0 Å². The highest BCUT2D eigenvalue weighted by atomic mass is 32.2. The van der Waals surface area contributed by atoms with Crippen molar-refractivity contribution in [2.24, 2.45) is 7.05 Å². The summed E-state index contributed by atoms with van der Waals surface area (Å²) in [5.41, 5.74) is 2.51. The number of hydrogen-bond donors (Lipinski definition) is 1. The molecule has 0 spiro atoms. The number of hydrogen-bond acceptors (Lipinski definition) is 4. The number of carboxylic acids is 1. The Balaban J connectivity index is 1.79. The first kappa shape index (κ1) is 14.2. The first-order valence-corrected chi connectivity index (χ1v) is 7.58. The Hall–Kier alpha value is -1.73. The van der Waals surface area contributed by atoms with Gasteiger partial charge in [-0.1, -0.05) is 0 Å². The lowest BCUT2D eigenvalue weighted by atomic mass is 10.3. The van der Waals surface area contributed by atoms with Crippen LogP contribution in [0.15, 0.2) is 17.2 Å². The second-order valence-electron chi connectivity index (χ2n) is 5.25. The van der Waals surface area contributed by atoms with Gasteiger partial charge in [-0.05, 0) is 31.9 Å².